The summed E-state index contributed by atoms with van der Waals surface area (Å²) in [6, 6.07) is 9.34. The van der Waals surface area contributed by atoms with Gasteiger partial charge in [0, 0.05) is 32.0 Å². The van der Waals surface area contributed by atoms with Gasteiger partial charge in [0.1, 0.15) is 23.5 Å². The number of halogens is 3. The summed E-state index contributed by atoms with van der Waals surface area (Å²) in [4.78, 5) is 35.8. The van der Waals surface area contributed by atoms with Crippen LogP contribution in [0.15, 0.2) is 70.6 Å². The Balaban J connectivity index is 0.669. The molecule has 1 aliphatic heterocycles. The average Bonchev–Trinajstić information content (AvgIpc) is 4.07. The van der Waals surface area contributed by atoms with E-state index in [1.54, 1.807) is 38.8 Å². The van der Waals surface area contributed by atoms with Gasteiger partial charge in [-0.2, -0.15) is 15.0 Å². The number of rotatable bonds is 32. The van der Waals surface area contributed by atoms with E-state index >= 15 is 0 Å². The number of ether oxygens (including phenoxy) is 7. The standard InChI is InChI=1S/C45H58BrF2N15O10S/c1-61-28-52-38-41(58-45(59-42(38)61)62-25-33(48)34(49)26-62)56-36-27-63(60-43(36)67-2)11-13-69-15-17-71-19-21-73-23-22-72-20-18-70-16-14-68-12-10-53-74(65,66)30-8-6-29(7-9-30)54-44-51-24-31(46)40(57-44)55-35-5-3-4-32(47)37(35)39(50)64/h3-9,24,27-28,33-34,53H,10-23,25-26,49H2,1-2H3,(H2,50,64)(H,56,58,59)(H2,51,54,55,57)/t33-,34-/m1/s1. The Morgan fingerprint density at radius 3 is 2.07 bits per heavy atom. The third-order valence-corrected chi connectivity index (χ3v) is 12.9. The summed E-state index contributed by atoms with van der Waals surface area (Å²) in [6.45, 7) is 5.06. The van der Waals surface area contributed by atoms with Crippen molar-refractivity contribution in [2.24, 2.45) is 18.5 Å². The Kier molecular flexibility index (Phi) is 20.5. The molecular formula is C45H58BrF2N15O10S. The van der Waals surface area contributed by atoms with Gasteiger partial charge in [0.2, 0.25) is 21.9 Å². The van der Waals surface area contributed by atoms with E-state index in [2.05, 4.69) is 66.6 Å². The second-order valence-corrected chi connectivity index (χ2v) is 18.8. The smallest absolute Gasteiger partial charge is 0.256 e. The van der Waals surface area contributed by atoms with Crippen molar-refractivity contribution in [3.8, 4) is 5.88 Å². The molecule has 1 saturated heterocycles. The molecule has 6 aromatic rings. The number of hydrogen-bond donors (Lipinski definition) is 6. The summed E-state index contributed by atoms with van der Waals surface area (Å²) in [7, 11) is -0.480. The largest absolute Gasteiger partial charge is 0.478 e. The molecule has 1 fully saturated rings. The van der Waals surface area contributed by atoms with E-state index < -0.39 is 34.0 Å². The van der Waals surface area contributed by atoms with Crippen molar-refractivity contribution in [2.75, 3.05) is 127 Å². The normalized spacial score (nSPS) is 14.8. The number of alkyl halides is 1. The number of imidazole rings is 1. The molecule has 0 spiro atoms. The molecule has 25 nitrogen and oxygen atoms in total. The van der Waals surface area contributed by atoms with Gasteiger partial charge in [0.05, 0.1) is 139 Å². The van der Waals surface area contributed by atoms with E-state index in [0.29, 0.717) is 124 Å². The second-order valence-electron chi connectivity index (χ2n) is 16.2. The summed E-state index contributed by atoms with van der Waals surface area (Å²) in [5.41, 5.74) is 13.2. The number of benzene rings is 2. The van der Waals surface area contributed by atoms with Gasteiger partial charge in [0.15, 0.2) is 17.0 Å². The lowest BCUT2D eigenvalue weighted by Gasteiger charge is -2.16. The predicted molar refractivity (Wildman–Crippen MR) is 271 cm³/mol. The van der Waals surface area contributed by atoms with E-state index in [-0.39, 0.29) is 54.2 Å². The molecule has 0 radical (unpaired) electrons. The van der Waals surface area contributed by atoms with Crippen molar-refractivity contribution in [3.63, 3.8) is 0 Å². The van der Waals surface area contributed by atoms with Crippen LogP contribution in [0.25, 0.3) is 11.2 Å². The fraction of sp³-hybridized carbons (Fsp3) is 0.444. The molecule has 4 aromatic heterocycles. The molecule has 1 aliphatic rings. The molecule has 0 saturated carbocycles. The third kappa shape index (κ3) is 15.6. The lowest BCUT2D eigenvalue weighted by atomic mass is 10.1. The number of primary amides is 1. The Hall–Kier alpha value is -6.28. The molecule has 0 aliphatic carbocycles. The number of amides is 1. The van der Waals surface area contributed by atoms with E-state index in [0.717, 1.165) is 6.07 Å². The van der Waals surface area contributed by atoms with Crippen molar-refractivity contribution in [2.45, 2.75) is 23.7 Å². The molecule has 8 N–H and O–H groups in total. The minimum atomic E-state index is -3.82. The number of carbonyl (C=O) groups excluding carboxylic acids is 1. The lowest BCUT2D eigenvalue weighted by molar-refractivity contribution is -0.0168. The number of nitrogens with zero attached hydrogens (tertiary/aromatic N) is 9. The molecule has 1 amide bonds. The van der Waals surface area contributed by atoms with Gasteiger partial charge in [-0.25, -0.2) is 31.9 Å². The quantitative estimate of drug-likeness (QED) is 0.0331. The van der Waals surface area contributed by atoms with Gasteiger partial charge in [-0.15, -0.1) is 5.10 Å². The number of sulfonamides is 1. The van der Waals surface area contributed by atoms with Crippen LogP contribution >= 0.6 is 15.9 Å². The third-order valence-electron chi connectivity index (χ3n) is 10.8. The number of fused-ring (bicyclic) bond motifs is 1. The highest BCUT2D eigenvalue weighted by atomic mass is 79.9. The van der Waals surface area contributed by atoms with E-state index in [4.69, 9.17) is 44.6 Å². The van der Waals surface area contributed by atoms with Gasteiger partial charge < -0.3 is 70.0 Å². The topological polar surface area (TPSA) is 306 Å². The van der Waals surface area contributed by atoms with E-state index in [1.807, 2.05) is 7.05 Å². The molecule has 2 aromatic carbocycles. The molecule has 74 heavy (non-hydrogen) atoms. The number of aryl methyl sites for hydroxylation is 1. The van der Waals surface area contributed by atoms with Crippen molar-refractivity contribution in [1.82, 2.24) is 44.0 Å². The number of aromatic nitrogens is 8. The van der Waals surface area contributed by atoms with Crippen LogP contribution in [-0.4, -0.2) is 172 Å². The van der Waals surface area contributed by atoms with Crippen LogP contribution in [0, 0.1) is 5.82 Å². The Bertz CT molecular complexity index is 2880. The highest BCUT2D eigenvalue weighted by molar-refractivity contribution is 9.10. The van der Waals surface area contributed by atoms with Crippen LogP contribution < -0.4 is 41.8 Å². The SMILES string of the molecule is COc1nn(CCOCCOCCOCCOCCOCCOCCNS(=O)(=O)c2ccc(Nc3ncc(Br)c(Nc4cccc(F)c4C(N)=O)n3)cc2)cc1Nc1nc(N2C[C@@H](N)[C@H](F)C2)nc2c1ncn2C. The first kappa shape index (κ1) is 55.5. The first-order valence-electron chi connectivity index (χ1n) is 23.2. The summed E-state index contributed by atoms with van der Waals surface area (Å²) < 4.78 is 99.4. The maximum atomic E-state index is 14.2. The van der Waals surface area contributed by atoms with Crippen molar-refractivity contribution < 1.29 is 55.2 Å². The predicted octanol–water partition coefficient (Wildman–Crippen LogP) is 3.15. The van der Waals surface area contributed by atoms with Gasteiger partial charge >= 0.3 is 0 Å². The minimum Gasteiger partial charge on any atom is -0.478 e. The number of carbonyl (C=O) groups is 1. The van der Waals surface area contributed by atoms with Crippen LogP contribution in [0.5, 0.6) is 5.88 Å². The molecule has 7 rings (SSSR count). The number of nitrogens with two attached hydrogens (primary N) is 2. The first-order chi connectivity index (χ1) is 35.8. The van der Waals surface area contributed by atoms with Gasteiger partial charge in [0.25, 0.3) is 11.8 Å². The number of methoxy groups -OCH3 is 1. The number of hydrogen-bond acceptors (Lipinski definition) is 21. The highest BCUT2D eigenvalue weighted by Gasteiger charge is 2.32. The minimum absolute atomic E-state index is 0.0385. The first-order valence-corrected chi connectivity index (χ1v) is 25.5. The summed E-state index contributed by atoms with van der Waals surface area (Å²) >= 11 is 3.33. The Morgan fingerprint density at radius 2 is 1.45 bits per heavy atom. The summed E-state index contributed by atoms with van der Waals surface area (Å²) in [5, 5.41) is 13.6. The maximum absolute atomic E-state index is 14.2. The van der Waals surface area contributed by atoms with Crippen LogP contribution in [0.2, 0.25) is 0 Å². The average molecular weight is 1120 g/mol. The number of nitrogens with one attached hydrogen (secondary N) is 4. The fourth-order valence-electron chi connectivity index (χ4n) is 7.12. The lowest BCUT2D eigenvalue weighted by Crippen LogP contribution is -2.30. The molecule has 400 valence electrons. The number of anilines is 7. The van der Waals surface area contributed by atoms with Crippen molar-refractivity contribution >= 4 is 83.6 Å². The zero-order valence-corrected chi connectivity index (χ0v) is 42.9. The molecule has 2 atom stereocenters. The van der Waals surface area contributed by atoms with Gasteiger partial charge in [-0.3, -0.25) is 9.48 Å². The molecule has 29 heteroatoms. The van der Waals surface area contributed by atoms with Crippen molar-refractivity contribution in [3.05, 3.63) is 77.0 Å². The van der Waals surface area contributed by atoms with Gasteiger partial charge in [-0.1, -0.05) is 6.07 Å². The van der Waals surface area contributed by atoms with Crippen LogP contribution in [0.4, 0.5) is 49.4 Å². The van der Waals surface area contributed by atoms with Crippen LogP contribution in [0.1, 0.15) is 10.4 Å². The highest BCUT2D eigenvalue weighted by Crippen LogP contribution is 2.32. The van der Waals surface area contributed by atoms with E-state index in [9.17, 15) is 22.0 Å². The second kappa shape index (κ2) is 27.3. The zero-order chi connectivity index (χ0) is 52.5. The zero-order valence-electron chi connectivity index (χ0n) is 40.5. The van der Waals surface area contributed by atoms with Gasteiger partial charge in [-0.05, 0) is 52.3 Å². The van der Waals surface area contributed by atoms with Crippen LogP contribution in [-0.2, 0) is 52.0 Å². The van der Waals surface area contributed by atoms with Crippen LogP contribution in [0.3, 0.4) is 0 Å². The maximum Gasteiger partial charge on any atom is 0.256 e. The Labute approximate surface area is 433 Å². The monoisotopic (exact) mass is 1120 g/mol. The molecule has 5 heterocycles. The summed E-state index contributed by atoms with van der Waals surface area (Å²) in [6.07, 6.45) is 3.69. The van der Waals surface area contributed by atoms with E-state index in [1.165, 1.54) is 37.6 Å². The fourth-order valence-corrected chi connectivity index (χ4v) is 8.42. The van der Waals surface area contributed by atoms with Crippen molar-refractivity contribution in [1.29, 1.82) is 0 Å². The molecular weight excluding hydrogens is 1060 g/mol. The molecule has 0 unspecified atom stereocenters. The summed E-state index contributed by atoms with van der Waals surface area (Å²) in [5.74, 6) is -0.245. The Morgan fingerprint density at radius 1 is 0.811 bits per heavy atom. The molecule has 0 bridgehead atoms.